The Bertz CT molecular complexity index is 749. The number of halogens is 1. The molecule has 3 N–H and O–H groups in total. The number of carbonyl (C=O) groups excluding carboxylic acids is 2. The first kappa shape index (κ1) is 20.0. The summed E-state index contributed by atoms with van der Waals surface area (Å²) >= 11 is 3.43. The van der Waals surface area contributed by atoms with Gasteiger partial charge in [0.1, 0.15) is 0 Å². The second-order valence-corrected chi connectivity index (χ2v) is 6.82. The predicted molar refractivity (Wildman–Crippen MR) is 110 cm³/mol. The van der Waals surface area contributed by atoms with E-state index in [0.29, 0.717) is 17.8 Å². The molecule has 0 saturated heterocycles. The summed E-state index contributed by atoms with van der Waals surface area (Å²) in [4.78, 5) is 24.0. The lowest BCUT2D eigenvalue weighted by atomic mass is 10.2. The van der Waals surface area contributed by atoms with Gasteiger partial charge in [0.2, 0.25) is 11.8 Å². The van der Waals surface area contributed by atoms with Crippen molar-refractivity contribution in [1.29, 1.82) is 0 Å². The fraction of sp³-hybridized carbons (Fsp3) is 0.300. The van der Waals surface area contributed by atoms with E-state index >= 15 is 0 Å². The zero-order valence-corrected chi connectivity index (χ0v) is 16.4. The van der Waals surface area contributed by atoms with Crippen LogP contribution in [0.3, 0.4) is 0 Å². The van der Waals surface area contributed by atoms with E-state index in [4.69, 9.17) is 0 Å². The van der Waals surface area contributed by atoms with Crippen molar-refractivity contribution in [1.82, 2.24) is 0 Å². The molecule has 0 atom stereocenters. The van der Waals surface area contributed by atoms with Crippen molar-refractivity contribution < 1.29 is 9.59 Å². The van der Waals surface area contributed by atoms with E-state index in [9.17, 15) is 9.59 Å². The molecule has 2 aromatic rings. The first-order valence-corrected chi connectivity index (χ1v) is 9.56. The molecule has 6 heteroatoms. The highest BCUT2D eigenvalue weighted by Gasteiger charge is 2.06. The summed E-state index contributed by atoms with van der Waals surface area (Å²) in [7, 11) is 0. The molecule has 2 amide bonds. The van der Waals surface area contributed by atoms with Crippen molar-refractivity contribution in [2.45, 2.75) is 32.6 Å². The van der Waals surface area contributed by atoms with Gasteiger partial charge in [-0.1, -0.05) is 38.0 Å². The SMILES string of the molecule is CCCCCC(=O)Nc1cccc(NC(=O)CNc2ccccc2Br)c1. The van der Waals surface area contributed by atoms with Gasteiger partial charge in [-0.25, -0.2) is 0 Å². The molecule has 0 unspecified atom stereocenters. The molecule has 0 heterocycles. The fourth-order valence-electron chi connectivity index (χ4n) is 2.42. The van der Waals surface area contributed by atoms with Gasteiger partial charge in [0.05, 0.1) is 6.54 Å². The largest absolute Gasteiger partial charge is 0.375 e. The lowest BCUT2D eigenvalue weighted by Crippen LogP contribution is -2.22. The van der Waals surface area contributed by atoms with E-state index in [-0.39, 0.29) is 18.4 Å². The molecule has 0 radical (unpaired) electrons. The summed E-state index contributed by atoms with van der Waals surface area (Å²) in [6, 6.07) is 14.8. The summed E-state index contributed by atoms with van der Waals surface area (Å²) in [5, 5.41) is 8.78. The van der Waals surface area contributed by atoms with Crippen molar-refractivity contribution in [3.8, 4) is 0 Å². The number of para-hydroxylation sites is 1. The Kier molecular flexibility index (Phi) is 8.15. The van der Waals surface area contributed by atoms with E-state index in [2.05, 4.69) is 38.8 Å². The summed E-state index contributed by atoms with van der Waals surface area (Å²) in [5.41, 5.74) is 2.19. The normalized spacial score (nSPS) is 10.2. The van der Waals surface area contributed by atoms with Crippen LogP contribution in [-0.2, 0) is 9.59 Å². The van der Waals surface area contributed by atoms with Gasteiger partial charge in [0.15, 0.2) is 0 Å². The molecule has 0 aliphatic rings. The highest BCUT2D eigenvalue weighted by Crippen LogP contribution is 2.21. The minimum Gasteiger partial charge on any atom is -0.375 e. The molecular formula is C20H24BrN3O2. The topological polar surface area (TPSA) is 70.2 Å². The number of anilines is 3. The van der Waals surface area contributed by atoms with Gasteiger partial charge < -0.3 is 16.0 Å². The van der Waals surface area contributed by atoms with Crippen molar-refractivity contribution in [2.24, 2.45) is 0 Å². The highest BCUT2D eigenvalue weighted by atomic mass is 79.9. The van der Waals surface area contributed by atoms with E-state index in [0.717, 1.165) is 29.4 Å². The van der Waals surface area contributed by atoms with Gasteiger partial charge in [-0.2, -0.15) is 0 Å². The molecule has 0 spiro atoms. The number of rotatable bonds is 9. The molecule has 0 saturated carbocycles. The van der Waals surface area contributed by atoms with Gasteiger partial charge in [0.25, 0.3) is 0 Å². The van der Waals surface area contributed by atoms with E-state index in [1.54, 1.807) is 18.2 Å². The van der Waals surface area contributed by atoms with Crippen LogP contribution in [0.25, 0.3) is 0 Å². The molecule has 2 aromatic carbocycles. The third kappa shape index (κ3) is 6.88. The maximum atomic E-state index is 12.1. The molecule has 0 aliphatic heterocycles. The van der Waals surface area contributed by atoms with Crippen molar-refractivity contribution in [3.05, 3.63) is 53.0 Å². The molecular weight excluding hydrogens is 394 g/mol. The van der Waals surface area contributed by atoms with Gasteiger partial charge in [-0.05, 0) is 52.7 Å². The molecule has 0 bridgehead atoms. The predicted octanol–water partition coefficient (Wildman–Crippen LogP) is 5.02. The van der Waals surface area contributed by atoms with Crippen LogP contribution in [0.2, 0.25) is 0 Å². The summed E-state index contributed by atoms with van der Waals surface area (Å²) in [5.74, 6) is -0.162. The Hall–Kier alpha value is -2.34. The maximum absolute atomic E-state index is 12.1. The first-order valence-electron chi connectivity index (χ1n) is 8.76. The standard InChI is InChI=1S/C20H24BrN3O2/c1-2-3-4-12-19(25)23-15-8-7-9-16(13-15)24-20(26)14-22-18-11-6-5-10-17(18)21/h5-11,13,22H,2-4,12,14H2,1H3,(H,23,25)(H,24,26). The van der Waals surface area contributed by atoms with Crippen LogP contribution in [0.4, 0.5) is 17.1 Å². The third-order valence-corrected chi connectivity index (χ3v) is 4.44. The Labute approximate surface area is 162 Å². The summed E-state index contributed by atoms with van der Waals surface area (Å²) in [6.45, 7) is 2.26. The Morgan fingerprint density at radius 2 is 1.62 bits per heavy atom. The summed E-state index contributed by atoms with van der Waals surface area (Å²) in [6.07, 6.45) is 3.54. The van der Waals surface area contributed by atoms with Gasteiger partial charge in [-0.3, -0.25) is 9.59 Å². The Morgan fingerprint density at radius 3 is 2.31 bits per heavy atom. The number of carbonyl (C=O) groups is 2. The van der Waals surface area contributed by atoms with Crippen molar-refractivity contribution in [3.63, 3.8) is 0 Å². The van der Waals surface area contributed by atoms with Crippen LogP contribution >= 0.6 is 15.9 Å². The minimum absolute atomic E-state index is 0.00230. The van der Waals surface area contributed by atoms with Crippen LogP contribution in [0.1, 0.15) is 32.6 Å². The number of nitrogens with one attached hydrogen (secondary N) is 3. The summed E-state index contributed by atoms with van der Waals surface area (Å²) < 4.78 is 0.903. The van der Waals surface area contributed by atoms with E-state index < -0.39 is 0 Å². The van der Waals surface area contributed by atoms with Gasteiger partial charge in [0, 0.05) is 28.0 Å². The quantitative estimate of drug-likeness (QED) is 0.501. The molecule has 2 rings (SSSR count). The monoisotopic (exact) mass is 417 g/mol. The van der Waals surface area contributed by atoms with Crippen LogP contribution in [0.5, 0.6) is 0 Å². The zero-order chi connectivity index (χ0) is 18.8. The number of hydrogen-bond acceptors (Lipinski definition) is 3. The van der Waals surface area contributed by atoms with Crippen molar-refractivity contribution >= 4 is 44.8 Å². The van der Waals surface area contributed by atoms with Crippen LogP contribution in [0.15, 0.2) is 53.0 Å². The van der Waals surface area contributed by atoms with Crippen LogP contribution in [0, 0.1) is 0 Å². The lowest BCUT2D eigenvalue weighted by molar-refractivity contribution is -0.116. The molecule has 0 aliphatic carbocycles. The lowest BCUT2D eigenvalue weighted by Gasteiger charge is -2.11. The molecule has 5 nitrogen and oxygen atoms in total. The van der Waals surface area contributed by atoms with E-state index in [1.807, 2.05) is 30.3 Å². The average Bonchev–Trinajstić information content (AvgIpc) is 2.61. The van der Waals surface area contributed by atoms with Gasteiger partial charge >= 0.3 is 0 Å². The minimum atomic E-state index is -0.160. The molecule has 26 heavy (non-hydrogen) atoms. The second-order valence-electron chi connectivity index (χ2n) is 5.97. The number of amides is 2. The number of benzene rings is 2. The third-order valence-electron chi connectivity index (χ3n) is 3.75. The number of hydrogen-bond donors (Lipinski definition) is 3. The molecule has 138 valence electrons. The van der Waals surface area contributed by atoms with Crippen molar-refractivity contribution in [2.75, 3.05) is 22.5 Å². The van der Waals surface area contributed by atoms with Crippen LogP contribution < -0.4 is 16.0 Å². The number of unbranched alkanes of at least 4 members (excludes halogenated alkanes) is 2. The Morgan fingerprint density at radius 1 is 0.923 bits per heavy atom. The zero-order valence-electron chi connectivity index (χ0n) is 14.8. The van der Waals surface area contributed by atoms with Crippen LogP contribution in [-0.4, -0.2) is 18.4 Å². The Balaban J connectivity index is 1.84. The molecule has 0 fully saturated rings. The average molecular weight is 418 g/mol. The maximum Gasteiger partial charge on any atom is 0.243 e. The second kappa shape index (κ2) is 10.6. The smallest absolute Gasteiger partial charge is 0.243 e. The molecule has 0 aromatic heterocycles. The fourth-order valence-corrected chi connectivity index (χ4v) is 2.84. The highest BCUT2D eigenvalue weighted by molar-refractivity contribution is 9.10. The first-order chi connectivity index (χ1) is 12.6. The van der Waals surface area contributed by atoms with E-state index in [1.165, 1.54) is 0 Å². The van der Waals surface area contributed by atoms with Gasteiger partial charge in [-0.15, -0.1) is 0 Å².